The molecular weight excluding hydrogens is 570 g/mol. The second kappa shape index (κ2) is 26.6. The van der Waals surface area contributed by atoms with Gasteiger partial charge in [0.25, 0.3) is 0 Å². The Hall–Kier alpha value is -4.30. The van der Waals surface area contributed by atoms with Gasteiger partial charge in [0.2, 0.25) is 12.2 Å². The zero-order valence-corrected chi connectivity index (χ0v) is 25.4. The number of esters is 3. The summed E-state index contributed by atoms with van der Waals surface area (Å²) >= 11 is 0. The van der Waals surface area contributed by atoms with Crippen molar-refractivity contribution in [2.24, 2.45) is 0 Å². The van der Waals surface area contributed by atoms with Crippen molar-refractivity contribution in [2.75, 3.05) is 26.4 Å². The molecule has 15 nitrogen and oxygen atoms in total. The Kier molecular flexibility index (Phi) is 25.3. The van der Waals surface area contributed by atoms with Crippen LogP contribution in [-0.4, -0.2) is 68.8 Å². The van der Waals surface area contributed by atoms with Crippen LogP contribution >= 0.6 is 0 Å². The molecule has 0 aliphatic rings. The van der Waals surface area contributed by atoms with Crippen LogP contribution in [0.3, 0.4) is 0 Å². The van der Waals surface area contributed by atoms with Gasteiger partial charge in [-0.3, -0.25) is 14.4 Å². The second-order valence-electron chi connectivity index (χ2n) is 7.85. The van der Waals surface area contributed by atoms with Crippen LogP contribution in [0.2, 0.25) is 0 Å². The Labute approximate surface area is 251 Å². The van der Waals surface area contributed by atoms with E-state index in [9.17, 15) is 14.4 Å². The van der Waals surface area contributed by atoms with Gasteiger partial charge >= 0.3 is 17.9 Å². The summed E-state index contributed by atoms with van der Waals surface area (Å²) in [5, 5.41) is 25.8. The van der Waals surface area contributed by atoms with Crippen LogP contribution < -0.4 is 4.89 Å². The Morgan fingerprint density at radius 2 is 1.21 bits per heavy atom. The van der Waals surface area contributed by atoms with E-state index in [1.54, 1.807) is 57.2 Å². The molecule has 0 bridgehead atoms. The molecule has 0 saturated heterocycles. The molecular formula is C28H39N3O12. The molecule has 0 heterocycles. The maximum atomic E-state index is 10.8. The molecule has 4 unspecified atom stereocenters. The number of ether oxygens (including phenoxy) is 3. The molecule has 0 aliphatic heterocycles. The Bertz CT molecular complexity index is 1050. The molecule has 1 rings (SSSR count). The van der Waals surface area contributed by atoms with Crippen molar-refractivity contribution >= 4 is 17.9 Å². The number of benzene rings is 1. The fourth-order valence-corrected chi connectivity index (χ4v) is 2.46. The van der Waals surface area contributed by atoms with E-state index in [0.29, 0.717) is 32.0 Å². The molecule has 0 aromatic heterocycles. The maximum absolute atomic E-state index is 10.8. The van der Waals surface area contributed by atoms with Crippen LogP contribution in [0.1, 0.15) is 54.0 Å². The summed E-state index contributed by atoms with van der Waals surface area (Å²) < 4.78 is 14.0. The first kappa shape index (κ1) is 40.8. The van der Waals surface area contributed by atoms with Crippen molar-refractivity contribution in [3.05, 3.63) is 29.8 Å². The van der Waals surface area contributed by atoms with Crippen molar-refractivity contribution in [3.8, 4) is 24.0 Å². The Balaban J connectivity index is 0. The lowest BCUT2D eigenvalue weighted by Gasteiger charge is -2.15. The van der Waals surface area contributed by atoms with Crippen molar-refractivity contribution in [3.63, 3.8) is 0 Å². The third-order valence-corrected chi connectivity index (χ3v) is 4.13. The summed E-state index contributed by atoms with van der Waals surface area (Å²) in [6, 6.07) is 12.5. The van der Waals surface area contributed by atoms with Gasteiger partial charge in [0.15, 0.2) is 11.9 Å². The van der Waals surface area contributed by atoms with E-state index in [1.807, 2.05) is 13.0 Å². The van der Waals surface area contributed by atoms with Gasteiger partial charge in [-0.05, 0) is 45.4 Å². The summed E-state index contributed by atoms with van der Waals surface area (Å²) in [5.41, 5.74) is 0.881. The highest BCUT2D eigenvalue weighted by molar-refractivity contribution is 5.67. The van der Waals surface area contributed by atoms with Gasteiger partial charge in [0.05, 0.1) is 19.8 Å². The standard InChI is InChI=1S/C13H15NO4.C8H13NO4.C7H11NO4/c1-3-16-18-12-6-4-11(5-7-12)8-13(9-14)17-10(2)15;1-4-11-13-6(2)8(5-9)12-7(3)10;1-3-10-11-5-7(4-8)12-6(2)9/h4-7,13H,3,8H2,1-2H3;6,8H,4H2,1-3H3;7H,3,5H2,1-2H3. The van der Waals surface area contributed by atoms with Crippen LogP contribution in [0, 0.1) is 34.0 Å². The van der Waals surface area contributed by atoms with Crippen molar-refractivity contribution in [2.45, 2.75) is 79.3 Å². The van der Waals surface area contributed by atoms with Crippen LogP contribution in [-0.2, 0) is 59.5 Å². The molecule has 0 spiro atoms. The van der Waals surface area contributed by atoms with E-state index in [2.05, 4.69) is 24.1 Å². The molecule has 4 atom stereocenters. The molecule has 15 heteroatoms. The lowest BCUT2D eigenvalue weighted by molar-refractivity contribution is -0.327. The predicted molar refractivity (Wildman–Crippen MR) is 146 cm³/mol. The van der Waals surface area contributed by atoms with E-state index in [0.717, 1.165) is 5.56 Å². The molecule has 0 aliphatic carbocycles. The van der Waals surface area contributed by atoms with Gasteiger partial charge in [-0.2, -0.15) is 20.7 Å². The molecule has 0 N–H and O–H groups in total. The summed E-state index contributed by atoms with van der Waals surface area (Å²) in [7, 11) is 0. The summed E-state index contributed by atoms with van der Waals surface area (Å²) in [6.45, 7) is 11.8. The minimum atomic E-state index is -0.927. The van der Waals surface area contributed by atoms with Gasteiger partial charge in [0, 0.05) is 27.2 Å². The third kappa shape index (κ3) is 24.0. The Morgan fingerprint density at radius 3 is 1.65 bits per heavy atom. The van der Waals surface area contributed by atoms with Crippen molar-refractivity contribution < 1.29 is 57.9 Å². The highest BCUT2D eigenvalue weighted by Gasteiger charge is 2.21. The zero-order valence-electron chi connectivity index (χ0n) is 25.4. The Morgan fingerprint density at radius 1 is 0.698 bits per heavy atom. The number of rotatable bonds is 16. The first-order chi connectivity index (χ1) is 20.5. The average Bonchev–Trinajstić information content (AvgIpc) is 2.97. The van der Waals surface area contributed by atoms with E-state index in [-0.39, 0.29) is 6.61 Å². The van der Waals surface area contributed by atoms with Crippen LogP contribution in [0.15, 0.2) is 24.3 Å². The molecule has 0 amide bonds. The van der Waals surface area contributed by atoms with Crippen LogP contribution in [0.25, 0.3) is 0 Å². The van der Waals surface area contributed by atoms with Gasteiger partial charge in [-0.15, -0.1) is 0 Å². The SMILES string of the molecule is CCOOC(C)C(C#N)OC(C)=O.CCOOCC(C#N)OC(C)=O.CCOOc1ccc(CC(C#N)OC(C)=O)cc1. The number of hydrogen-bond acceptors (Lipinski definition) is 15. The molecule has 0 radical (unpaired) electrons. The van der Waals surface area contributed by atoms with E-state index >= 15 is 0 Å². The second-order valence-corrected chi connectivity index (χ2v) is 7.85. The quantitative estimate of drug-likeness (QED) is 0.0867. The van der Waals surface area contributed by atoms with Gasteiger partial charge in [0.1, 0.15) is 30.9 Å². The van der Waals surface area contributed by atoms with E-state index in [1.165, 1.54) is 20.8 Å². The fraction of sp³-hybridized carbons (Fsp3) is 0.571. The molecule has 238 valence electrons. The molecule has 1 aromatic carbocycles. The highest BCUT2D eigenvalue weighted by atomic mass is 17.2. The summed E-state index contributed by atoms with van der Waals surface area (Å²) in [4.78, 5) is 59.8. The van der Waals surface area contributed by atoms with Crippen molar-refractivity contribution in [1.29, 1.82) is 15.8 Å². The minimum absolute atomic E-state index is 0.0656. The lowest BCUT2D eigenvalue weighted by Crippen LogP contribution is -2.29. The van der Waals surface area contributed by atoms with Gasteiger partial charge < -0.3 is 19.1 Å². The first-order valence-corrected chi connectivity index (χ1v) is 13.1. The van der Waals surface area contributed by atoms with E-state index in [4.69, 9.17) is 35.2 Å². The highest BCUT2D eigenvalue weighted by Crippen LogP contribution is 2.14. The number of hydrogen-bond donors (Lipinski definition) is 0. The number of carbonyl (C=O) groups excluding carboxylic acids is 3. The lowest BCUT2D eigenvalue weighted by atomic mass is 10.1. The fourth-order valence-electron chi connectivity index (χ4n) is 2.46. The summed E-state index contributed by atoms with van der Waals surface area (Å²) in [6.07, 6.45) is -2.82. The first-order valence-electron chi connectivity index (χ1n) is 13.1. The normalized spacial score (nSPS) is 12.4. The topological polar surface area (TPSA) is 206 Å². The van der Waals surface area contributed by atoms with Gasteiger partial charge in [-0.25, -0.2) is 19.6 Å². The van der Waals surface area contributed by atoms with Gasteiger partial charge in [-0.1, -0.05) is 12.1 Å². The number of nitrogens with zero attached hydrogens (tertiary/aromatic N) is 3. The zero-order chi connectivity index (χ0) is 33.0. The molecule has 0 fully saturated rings. The maximum Gasteiger partial charge on any atom is 0.304 e. The molecule has 43 heavy (non-hydrogen) atoms. The smallest absolute Gasteiger partial charge is 0.304 e. The average molecular weight is 610 g/mol. The monoisotopic (exact) mass is 609 g/mol. The molecule has 0 saturated carbocycles. The third-order valence-electron chi connectivity index (χ3n) is 4.13. The largest absolute Gasteiger partial charge is 0.447 e. The molecule has 1 aromatic rings. The van der Waals surface area contributed by atoms with Crippen LogP contribution in [0.4, 0.5) is 0 Å². The van der Waals surface area contributed by atoms with Crippen LogP contribution in [0.5, 0.6) is 5.75 Å². The van der Waals surface area contributed by atoms with E-state index < -0.39 is 42.3 Å². The summed E-state index contributed by atoms with van der Waals surface area (Å²) in [5.74, 6) is -0.903. The predicted octanol–water partition coefficient (Wildman–Crippen LogP) is 3.22. The van der Waals surface area contributed by atoms with Crippen molar-refractivity contribution in [1.82, 2.24) is 0 Å². The minimum Gasteiger partial charge on any atom is -0.447 e. The number of nitriles is 3. The number of carbonyl (C=O) groups is 3.